The Morgan fingerprint density at radius 3 is 2.42 bits per heavy atom. The van der Waals surface area contributed by atoms with Crippen LogP contribution in [0.3, 0.4) is 0 Å². The van der Waals surface area contributed by atoms with Crippen LogP contribution < -0.4 is 5.32 Å². The van der Waals surface area contributed by atoms with Gasteiger partial charge < -0.3 is 5.32 Å². The number of likely N-dealkylation sites (N-methyl/N-ethyl adjacent to an activating group) is 1. The first-order valence-corrected chi connectivity index (χ1v) is 4.11. The van der Waals surface area contributed by atoms with Crippen molar-refractivity contribution in [1.82, 2.24) is 5.32 Å². The number of hydrogen-bond donors (Lipinski definition) is 2. The van der Waals surface area contributed by atoms with E-state index in [2.05, 4.69) is 30.2 Å². The van der Waals surface area contributed by atoms with Gasteiger partial charge in [0, 0.05) is 6.04 Å². The van der Waals surface area contributed by atoms with E-state index < -0.39 is 0 Å². The van der Waals surface area contributed by atoms with E-state index in [1.165, 1.54) is 0 Å². The van der Waals surface area contributed by atoms with Crippen LogP contribution in [-0.2, 0) is 0 Å². The van der Waals surface area contributed by atoms with E-state index in [0.29, 0.717) is 6.04 Å². The lowest BCUT2D eigenvalue weighted by Crippen LogP contribution is -2.36. The first-order valence-electron chi connectivity index (χ1n) is 4.11. The molecule has 12 heavy (non-hydrogen) atoms. The zero-order valence-corrected chi connectivity index (χ0v) is 8.74. The van der Waals surface area contributed by atoms with Crippen LogP contribution in [0.2, 0.25) is 0 Å². The minimum Gasteiger partial charge on any atom is -0.312 e. The summed E-state index contributed by atoms with van der Waals surface area (Å²) < 4.78 is 0. The fourth-order valence-corrected chi connectivity index (χ4v) is 1.11. The Morgan fingerprint density at radius 1 is 1.50 bits per heavy atom. The Morgan fingerprint density at radius 2 is 2.08 bits per heavy atom. The van der Waals surface area contributed by atoms with Crippen molar-refractivity contribution in [2.75, 3.05) is 6.54 Å². The van der Waals surface area contributed by atoms with Crippen molar-refractivity contribution in [3.8, 4) is 0 Å². The van der Waals surface area contributed by atoms with Crippen molar-refractivity contribution < 1.29 is 0 Å². The number of halogens is 1. The van der Waals surface area contributed by atoms with Gasteiger partial charge in [0.25, 0.3) is 0 Å². The lowest BCUT2D eigenvalue weighted by Gasteiger charge is -2.18. The molecule has 0 rings (SSSR count). The maximum atomic E-state index is 6.69. The van der Waals surface area contributed by atoms with Crippen LogP contribution in [-0.4, -0.2) is 24.6 Å². The molecule has 0 bridgehead atoms. The molecule has 0 aliphatic heterocycles. The van der Waals surface area contributed by atoms with Crippen molar-refractivity contribution in [2.24, 2.45) is 4.99 Å². The van der Waals surface area contributed by atoms with Crippen LogP contribution in [0.5, 0.6) is 0 Å². The maximum absolute atomic E-state index is 6.69. The molecule has 0 amide bonds. The fraction of sp³-hybridized carbons (Fsp3) is 0.875. The third-order valence-electron chi connectivity index (χ3n) is 1.76. The van der Waals surface area contributed by atoms with Crippen LogP contribution >= 0.6 is 12.4 Å². The number of nitrogens with zero attached hydrogens (tertiary/aromatic N) is 1. The van der Waals surface area contributed by atoms with E-state index in [9.17, 15) is 0 Å². The topological polar surface area (TPSA) is 48.2 Å². The van der Waals surface area contributed by atoms with E-state index in [1.54, 1.807) is 0 Å². The predicted molar refractivity (Wildman–Crippen MR) is 54.6 cm³/mol. The summed E-state index contributed by atoms with van der Waals surface area (Å²) in [5, 5.41) is 9.99. The van der Waals surface area contributed by atoms with E-state index in [-0.39, 0.29) is 18.4 Å². The average molecular weight is 192 g/mol. The second-order valence-corrected chi connectivity index (χ2v) is 2.55. The molecule has 0 aromatic carbocycles. The van der Waals surface area contributed by atoms with Crippen molar-refractivity contribution in [3.05, 3.63) is 0 Å². The molecule has 0 saturated carbocycles. The van der Waals surface area contributed by atoms with Crippen LogP contribution in [0.1, 0.15) is 27.2 Å². The first kappa shape index (κ1) is 14.2. The summed E-state index contributed by atoms with van der Waals surface area (Å²) in [5.41, 5.74) is 0. The molecule has 0 aliphatic carbocycles. The number of aliphatic imine (C=N–C) groups is 1. The van der Waals surface area contributed by atoms with E-state index in [1.807, 2.05) is 6.92 Å². The standard InChI is InChI=1S/C8H17N3.ClH/c1-4-8(10-5-2)7(3)11-6-9;/h7-10H,4-5H2,1-3H3;1H. The molecule has 0 fully saturated rings. The summed E-state index contributed by atoms with van der Waals surface area (Å²) in [6.45, 7) is 7.14. The second kappa shape index (κ2) is 8.72. The molecule has 2 N–H and O–H groups in total. The Kier molecular flexibility index (Phi) is 10.3. The highest BCUT2D eigenvalue weighted by Crippen LogP contribution is 2.01. The quantitative estimate of drug-likeness (QED) is 0.642. The monoisotopic (exact) mass is 191 g/mol. The Hall–Kier alpha value is -0.370. The van der Waals surface area contributed by atoms with Gasteiger partial charge in [-0.25, -0.2) is 10.4 Å². The first-order chi connectivity index (χ1) is 5.26. The molecule has 0 aromatic heterocycles. The van der Waals surface area contributed by atoms with Crippen LogP contribution in [0, 0.1) is 5.41 Å². The zero-order chi connectivity index (χ0) is 8.69. The van der Waals surface area contributed by atoms with Crippen molar-refractivity contribution in [2.45, 2.75) is 39.3 Å². The Balaban J connectivity index is 0. The third kappa shape index (κ3) is 5.30. The van der Waals surface area contributed by atoms with Crippen LogP contribution in [0.4, 0.5) is 0 Å². The maximum Gasteiger partial charge on any atom is 0.0865 e. The van der Waals surface area contributed by atoms with Crippen molar-refractivity contribution >= 4 is 18.4 Å². The Bertz CT molecular complexity index is 143. The molecule has 0 aromatic rings. The molecular formula is C8H18ClN3. The van der Waals surface area contributed by atoms with Crippen molar-refractivity contribution in [1.29, 1.82) is 5.41 Å². The third-order valence-corrected chi connectivity index (χ3v) is 1.76. The minimum atomic E-state index is 0. The van der Waals surface area contributed by atoms with Crippen LogP contribution in [0.15, 0.2) is 4.99 Å². The minimum absolute atomic E-state index is 0. The average Bonchev–Trinajstić information content (AvgIpc) is 2.00. The lowest BCUT2D eigenvalue weighted by atomic mass is 10.1. The molecule has 0 heterocycles. The molecule has 4 heteroatoms. The molecule has 0 aliphatic rings. The van der Waals surface area contributed by atoms with E-state index in [4.69, 9.17) is 5.41 Å². The predicted octanol–water partition coefficient (Wildman–Crippen LogP) is 1.94. The summed E-state index contributed by atoms with van der Waals surface area (Å²) in [6.07, 6.45) is 1.04. The number of nitrogens with one attached hydrogen (secondary N) is 2. The molecule has 2 unspecified atom stereocenters. The summed E-state index contributed by atoms with van der Waals surface area (Å²) >= 11 is 0. The summed E-state index contributed by atoms with van der Waals surface area (Å²) in [6, 6.07) is 2.63. The van der Waals surface area contributed by atoms with Gasteiger partial charge in [0.05, 0.1) is 12.1 Å². The van der Waals surface area contributed by atoms with Gasteiger partial charge in [-0.05, 0) is 19.9 Å². The number of rotatable bonds is 5. The highest BCUT2D eigenvalue weighted by atomic mass is 35.5. The summed E-state index contributed by atoms with van der Waals surface area (Å²) in [4.78, 5) is 3.87. The van der Waals surface area contributed by atoms with Gasteiger partial charge in [0.1, 0.15) is 0 Å². The highest BCUT2D eigenvalue weighted by Gasteiger charge is 2.11. The van der Waals surface area contributed by atoms with Gasteiger partial charge in [0.2, 0.25) is 0 Å². The SMILES string of the molecule is CCNC(CC)C(C)N=C=N.Cl. The van der Waals surface area contributed by atoms with E-state index >= 15 is 0 Å². The highest BCUT2D eigenvalue weighted by molar-refractivity contribution is 5.85. The smallest absolute Gasteiger partial charge is 0.0865 e. The van der Waals surface area contributed by atoms with Gasteiger partial charge >= 0.3 is 0 Å². The lowest BCUT2D eigenvalue weighted by molar-refractivity contribution is 0.449. The summed E-state index contributed by atoms with van der Waals surface area (Å²) in [7, 11) is 0. The van der Waals surface area contributed by atoms with Crippen molar-refractivity contribution in [3.63, 3.8) is 0 Å². The number of hydrogen-bond acceptors (Lipinski definition) is 3. The molecule has 72 valence electrons. The zero-order valence-electron chi connectivity index (χ0n) is 7.92. The largest absolute Gasteiger partial charge is 0.312 e. The molecule has 2 atom stereocenters. The fourth-order valence-electron chi connectivity index (χ4n) is 1.11. The van der Waals surface area contributed by atoms with Gasteiger partial charge in [-0.3, -0.25) is 0 Å². The molecule has 0 spiro atoms. The van der Waals surface area contributed by atoms with Gasteiger partial charge in [-0.2, -0.15) is 0 Å². The summed E-state index contributed by atoms with van der Waals surface area (Å²) in [5.74, 6) is 0. The molecular weight excluding hydrogens is 174 g/mol. The van der Waals surface area contributed by atoms with Crippen LogP contribution in [0.25, 0.3) is 0 Å². The molecule has 0 saturated heterocycles. The van der Waals surface area contributed by atoms with Gasteiger partial charge in [-0.15, -0.1) is 12.4 Å². The normalized spacial score (nSPS) is 13.9. The molecule has 3 nitrogen and oxygen atoms in total. The van der Waals surface area contributed by atoms with Gasteiger partial charge in [0.15, 0.2) is 0 Å². The molecule has 0 radical (unpaired) electrons. The van der Waals surface area contributed by atoms with Gasteiger partial charge in [-0.1, -0.05) is 13.8 Å². The second-order valence-electron chi connectivity index (χ2n) is 2.55. The van der Waals surface area contributed by atoms with E-state index in [0.717, 1.165) is 13.0 Å². The Labute approximate surface area is 80.6 Å².